The van der Waals surface area contributed by atoms with Gasteiger partial charge in [-0.15, -0.1) is 0 Å². The van der Waals surface area contributed by atoms with Crippen molar-refractivity contribution in [3.05, 3.63) is 58.1 Å². The first-order chi connectivity index (χ1) is 11.7. The number of hydrogen-bond acceptors (Lipinski definition) is 2. The van der Waals surface area contributed by atoms with Crippen molar-refractivity contribution in [2.75, 3.05) is 5.32 Å². The Labute approximate surface area is 151 Å². The van der Waals surface area contributed by atoms with Crippen molar-refractivity contribution >= 4 is 27.5 Å². The summed E-state index contributed by atoms with van der Waals surface area (Å²) >= 11 is 3.39. The van der Waals surface area contributed by atoms with Gasteiger partial charge in [-0.25, -0.2) is 0 Å². The van der Waals surface area contributed by atoms with E-state index >= 15 is 0 Å². The van der Waals surface area contributed by atoms with Crippen LogP contribution in [0, 0.1) is 0 Å². The normalized spacial score (nSPS) is 14.6. The van der Waals surface area contributed by atoms with E-state index in [0.29, 0.717) is 6.42 Å². The average molecular weight is 388 g/mol. The molecule has 3 nitrogen and oxygen atoms in total. The largest absolute Gasteiger partial charge is 0.481 e. The summed E-state index contributed by atoms with van der Waals surface area (Å²) in [5, 5.41) is 2.92. The molecule has 24 heavy (non-hydrogen) atoms. The van der Waals surface area contributed by atoms with Crippen LogP contribution in [0.2, 0.25) is 0 Å². The summed E-state index contributed by atoms with van der Waals surface area (Å²) in [4.78, 5) is 12.5. The first-order valence-corrected chi connectivity index (χ1v) is 9.30. The van der Waals surface area contributed by atoms with E-state index in [4.69, 9.17) is 4.74 Å². The van der Waals surface area contributed by atoms with E-state index in [1.807, 2.05) is 37.3 Å². The number of carbonyl (C=O) groups excluding carboxylic acids is 1. The second-order valence-electron chi connectivity index (χ2n) is 6.15. The molecule has 0 radical (unpaired) electrons. The van der Waals surface area contributed by atoms with Crippen LogP contribution in [-0.4, -0.2) is 12.0 Å². The zero-order valence-corrected chi connectivity index (χ0v) is 15.4. The van der Waals surface area contributed by atoms with Gasteiger partial charge < -0.3 is 10.1 Å². The third-order valence-electron chi connectivity index (χ3n) is 4.37. The van der Waals surface area contributed by atoms with Gasteiger partial charge >= 0.3 is 0 Å². The molecule has 2 aromatic carbocycles. The number of benzene rings is 2. The van der Waals surface area contributed by atoms with Crippen LogP contribution in [0.3, 0.4) is 0 Å². The molecule has 3 rings (SSSR count). The zero-order chi connectivity index (χ0) is 16.9. The number of anilines is 1. The number of ether oxygens (including phenoxy) is 1. The maximum atomic E-state index is 12.5. The van der Waals surface area contributed by atoms with Crippen molar-refractivity contribution in [1.29, 1.82) is 0 Å². The highest BCUT2D eigenvalue weighted by Crippen LogP contribution is 2.26. The maximum Gasteiger partial charge on any atom is 0.265 e. The molecule has 126 valence electrons. The average Bonchev–Trinajstić information content (AvgIpc) is 2.61. The monoisotopic (exact) mass is 387 g/mol. The molecular formula is C20H22BrNO2. The molecule has 0 fully saturated rings. The van der Waals surface area contributed by atoms with E-state index in [0.717, 1.165) is 28.8 Å². The minimum atomic E-state index is -0.490. The van der Waals surface area contributed by atoms with Crippen molar-refractivity contribution in [3.63, 3.8) is 0 Å². The fraction of sp³-hybridized carbons (Fsp3) is 0.350. The van der Waals surface area contributed by atoms with Crippen LogP contribution in [-0.2, 0) is 17.6 Å². The van der Waals surface area contributed by atoms with Gasteiger partial charge in [0.15, 0.2) is 6.10 Å². The fourth-order valence-electron chi connectivity index (χ4n) is 3.03. The van der Waals surface area contributed by atoms with Crippen molar-refractivity contribution in [1.82, 2.24) is 0 Å². The van der Waals surface area contributed by atoms with Crippen LogP contribution in [0.4, 0.5) is 5.69 Å². The number of aryl methyl sites for hydroxylation is 2. The molecule has 0 saturated heterocycles. The molecule has 1 amide bonds. The van der Waals surface area contributed by atoms with Crippen LogP contribution < -0.4 is 10.1 Å². The fourth-order valence-corrected chi connectivity index (χ4v) is 3.29. The molecule has 1 aliphatic rings. The molecule has 0 spiro atoms. The summed E-state index contributed by atoms with van der Waals surface area (Å²) in [5.41, 5.74) is 3.55. The predicted molar refractivity (Wildman–Crippen MR) is 101 cm³/mol. The van der Waals surface area contributed by atoms with Gasteiger partial charge in [0.2, 0.25) is 0 Å². The first kappa shape index (κ1) is 17.0. The van der Waals surface area contributed by atoms with E-state index in [-0.39, 0.29) is 5.91 Å². The van der Waals surface area contributed by atoms with Crippen molar-refractivity contribution in [2.24, 2.45) is 0 Å². The highest BCUT2D eigenvalue weighted by molar-refractivity contribution is 9.10. The molecule has 0 bridgehead atoms. The number of carbonyl (C=O) groups is 1. The second kappa shape index (κ2) is 7.84. The van der Waals surface area contributed by atoms with Crippen molar-refractivity contribution < 1.29 is 9.53 Å². The van der Waals surface area contributed by atoms with Gasteiger partial charge in [0.25, 0.3) is 5.91 Å². The summed E-state index contributed by atoms with van der Waals surface area (Å²) in [5.74, 6) is 0.672. The standard InChI is InChI=1S/C20H22BrNO2/c1-2-19(20(23)22-17-10-8-16(21)9-11-17)24-18-12-7-14-5-3-4-6-15(14)13-18/h7-13,19H,2-6H2,1H3,(H,22,23)/t19-/m0/s1. The van der Waals surface area contributed by atoms with Gasteiger partial charge in [0.1, 0.15) is 5.75 Å². The summed E-state index contributed by atoms with van der Waals surface area (Å²) in [6.07, 6.45) is 4.89. The predicted octanol–water partition coefficient (Wildman–Crippen LogP) is 5.12. The number of nitrogens with one attached hydrogen (secondary N) is 1. The highest BCUT2D eigenvalue weighted by atomic mass is 79.9. The minimum Gasteiger partial charge on any atom is -0.481 e. The maximum absolute atomic E-state index is 12.5. The number of amides is 1. The van der Waals surface area contributed by atoms with Crippen LogP contribution >= 0.6 is 15.9 Å². The molecule has 0 unspecified atom stereocenters. The molecule has 0 aliphatic heterocycles. The lowest BCUT2D eigenvalue weighted by atomic mass is 9.92. The smallest absolute Gasteiger partial charge is 0.265 e. The third-order valence-corrected chi connectivity index (χ3v) is 4.90. The van der Waals surface area contributed by atoms with Gasteiger partial charge in [0, 0.05) is 10.2 Å². The molecule has 1 atom stereocenters. The van der Waals surface area contributed by atoms with E-state index in [2.05, 4.69) is 33.4 Å². The lowest BCUT2D eigenvalue weighted by Crippen LogP contribution is -2.32. The van der Waals surface area contributed by atoms with Crippen molar-refractivity contribution in [3.8, 4) is 5.75 Å². The van der Waals surface area contributed by atoms with Crippen LogP contribution in [0.15, 0.2) is 46.9 Å². The van der Waals surface area contributed by atoms with Crippen LogP contribution in [0.5, 0.6) is 5.75 Å². The number of fused-ring (bicyclic) bond motifs is 1. The second-order valence-corrected chi connectivity index (χ2v) is 7.06. The number of halogens is 1. The first-order valence-electron chi connectivity index (χ1n) is 8.50. The third kappa shape index (κ3) is 4.18. The topological polar surface area (TPSA) is 38.3 Å². The highest BCUT2D eigenvalue weighted by Gasteiger charge is 2.19. The number of hydrogen-bond donors (Lipinski definition) is 1. The van der Waals surface area contributed by atoms with Crippen LogP contribution in [0.25, 0.3) is 0 Å². The van der Waals surface area contributed by atoms with Gasteiger partial charge in [-0.3, -0.25) is 4.79 Å². The summed E-state index contributed by atoms with van der Waals surface area (Å²) in [7, 11) is 0. The Morgan fingerprint density at radius 1 is 1.12 bits per heavy atom. The molecular weight excluding hydrogens is 366 g/mol. The molecule has 0 saturated carbocycles. The lowest BCUT2D eigenvalue weighted by molar-refractivity contribution is -0.122. The summed E-state index contributed by atoms with van der Waals surface area (Å²) < 4.78 is 6.95. The van der Waals surface area contributed by atoms with E-state index in [1.54, 1.807) is 0 Å². The minimum absolute atomic E-state index is 0.113. The Bertz CT molecular complexity index is 712. The SMILES string of the molecule is CC[C@H](Oc1ccc2c(c1)CCCC2)C(=O)Nc1ccc(Br)cc1. The van der Waals surface area contributed by atoms with E-state index in [1.165, 1.54) is 24.0 Å². The Morgan fingerprint density at radius 2 is 1.83 bits per heavy atom. The van der Waals surface area contributed by atoms with E-state index in [9.17, 15) is 4.79 Å². The summed E-state index contributed by atoms with van der Waals surface area (Å²) in [6, 6.07) is 13.8. The molecule has 2 aromatic rings. The van der Waals surface area contributed by atoms with Gasteiger partial charge in [-0.2, -0.15) is 0 Å². The van der Waals surface area contributed by atoms with Gasteiger partial charge in [-0.1, -0.05) is 28.9 Å². The Kier molecular flexibility index (Phi) is 5.56. The van der Waals surface area contributed by atoms with Gasteiger partial charge in [-0.05, 0) is 79.6 Å². The Morgan fingerprint density at radius 3 is 2.54 bits per heavy atom. The van der Waals surface area contributed by atoms with Crippen LogP contribution in [0.1, 0.15) is 37.3 Å². The van der Waals surface area contributed by atoms with E-state index < -0.39 is 6.10 Å². The molecule has 0 aromatic heterocycles. The molecule has 0 heterocycles. The summed E-state index contributed by atoms with van der Waals surface area (Å²) in [6.45, 7) is 1.96. The molecule has 4 heteroatoms. The van der Waals surface area contributed by atoms with Crippen molar-refractivity contribution in [2.45, 2.75) is 45.1 Å². The molecule has 1 N–H and O–H groups in total. The zero-order valence-electron chi connectivity index (χ0n) is 13.8. The Balaban J connectivity index is 1.67. The molecule has 1 aliphatic carbocycles. The number of rotatable bonds is 5. The van der Waals surface area contributed by atoms with Gasteiger partial charge in [0.05, 0.1) is 0 Å². The quantitative estimate of drug-likeness (QED) is 0.772. The Hall–Kier alpha value is -1.81. The lowest BCUT2D eigenvalue weighted by Gasteiger charge is -2.20.